The average Bonchev–Trinajstić information content (AvgIpc) is 2.48. The van der Waals surface area contributed by atoms with Crippen LogP contribution < -0.4 is 0 Å². The van der Waals surface area contributed by atoms with E-state index in [0.29, 0.717) is 26.4 Å². The van der Waals surface area contributed by atoms with E-state index in [-0.39, 0.29) is 18.9 Å². The summed E-state index contributed by atoms with van der Waals surface area (Å²) in [6.07, 6.45) is 0.264. The van der Waals surface area contributed by atoms with Crippen LogP contribution in [-0.2, 0) is 25.6 Å². The van der Waals surface area contributed by atoms with E-state index in [1.54, 1.807) is 6.92 Å². The van der Waals surface area contributed by atoms with Gasteiger partial charge in [-0.15, -0.1) is 0 Å². The number of amides is 1. The van der Waals surface area contributed by atoms with Crippen LogP contribution in [0.4, 0.5) is 0 Å². The van der Waals surface area contributed by atoms with Gasteiger partial charge in [-0.2, -0.15) is 0 Å². The second-order valence-electron chi connectivity index (χ2n) is 4.49. The lowest BCUT2D eigenvalue weighted by molar-refractivity contribution is -0.149. The van der Waals surface area contributed by atoms with Crippen molar-refractivity contribution in [1.82, 2.24) is 4.90 Å². The Hall–Kier alpha value is -1.88. The zero-order valence-corrected chi connectivity index (χ0v) is 12.7. The van der Waals surface area contributed by atoms with E-state index in [1.165, 1.54) is 4.90 Å². The standard InChI is InChI=1S/C16H23NO4/c1-3-20-11-10-15(18)17(13-16(19)21-4-2)12-14-8-6-5-7-9-14/h5-9H,3-4,10-13H2,1-2H3. The maximum absolute atomic E-state index is 12.2. The third-order valence-corrected chi connectivity index (χ3v) is 2.86. The Balaban J connectivity index is 2.64. The predicted molar refractivity (Wildman–Crippen MR) is 79.6 cm³/mol. The van der Waals surface area contributed by atoms with Crippen LogP contribution in [0.25, 0.3) is 0 Å². The fraction of sp³-hybridized carbons (Fsp3) is 0.500. The zero-order valence-electron chi connectivity index (χ0n) is 12.7. The topological polar surface area (TPSA) is 55.8 Å². The molecule has 1 aromatic rings. The van der Waals surface area contributed by atoms with Gasteiger partial charge >= 0.3 is 5.97 Å². The summed E-state index contributed by atoms with van der Waals surface area (Å²) in [5.74, 6) is -0.501. The summed E-state index contributed by atoms with van der Waals surface area (Å²) in [7, 11) is 0. The molecule has 0 aliphatic rings. The zero-order chi connectivity index (χ0) is 15.5. The van der Waals surface area contributed by atoms with Gasteiger partial charge in [0.1, 0.15) is 6.54 Å². The number of carbonyl (C=O) groups is 2. The first-order valence-electron chi connectivity index (χ1n) is 7.22. The summed E-state index contributed by atoms with van der Waals surface area (Å²) in [4.78, 5) is 25.3. The Morgan fingerprint density at radius 1 is 1.10 bits per heavy atom. The van der Waals surface area contributed by atoms with Gasteiger partial charge in [-0.3, -0.25) is 9.59 Å². The van der Waals surface area contributed by atoms with Gasteiger partial charge in [-0.25, -0.2) is 0 Å². The molecule has 0 aliphatic carbocycles. The largest absolute Gasteiger partial charge is 0.465 e. The number of hydrogen-bond acceptors (Lipinski definition) is 4. The van der Waals surface area contributed by atoms with Crippen molar-refractivity contribution in [3.8, 4) is 0 Å². The number of hydrogen-bond donors (Lipinski definition) is 0. The van der Waals surface area contributed by atoms with Gasteiger partial charge in [0.15, 0.2) is 0 Å². The van der Waals surface area contributed by atoms with E-state index in [2.05, 4.69) is 0 Å². The molecule has 5 nitrogen and oxygen atoms in total. The number of rotatable bonds is 9. The number of ether oxygens (including phenoxy) is 2. The predicted octanol–water partition coefficient (Wildman–Crippen LogP) is 2.00. The van der Waals surface area contributed by atoms with Gasteiger partial charge in [-0.1, -0.05) is 30.3 Å². The molecule has 1 aromatic carbocycles. The van der Waals surface area contributed by atoms with E-state index in [4.69, 9.17) is 9.47 Å². The second-order valence-corrected chi connectivity index (χ2v) is 4.49. The van der Waals surface area contributed by atoms with Gasteiger partial charge in [0.2, 0.25) is 5.91 Å². The lowest BCUT2D eigenvalue weighted by Gasteiger charge is -2.22. The van der Waals surface area contributed by atoms with Crippen molar-refractivity contribution in [2.75, 3.05) is 26.4 Å². The summed E-state index contributed by atoms with van der Waals surface area (Å²) >= 11 is 0. The van der Waals surface area contributed by atoms with Crippen LogP contribution in [0.1, 0.15) is 25.8 Å². The van der Waals surface area contributed by atoms with Crippen molar-refractivity contribution in [1.29, 1.82) is 0 Å². The van der Waals surface area contributed by atoms with Crippen LogP contribution in [-0.4, -0.2) is 43.1 Å². The molecule has 0 saturated heterocycles. The number of carbonyl (C=O) groups excluding carboxylic acids is 2. The van der Waals surface area contributed by atoms with Crippen LogP contribution in [0.15, 0.2) is 30.3 Å². The molecule has 0 atom stereocenters. The molecule has 21 heavy (non-hydrogen) atoms. The minimum absolute atomic E-state index is 0.0340. The summed E-state index contributed by atoms with van der Waals surface area (Å²) in [5, 5.41) is 0. The molecule has 0 aromatic heterocycles. The van der Waals surface area contributed by atoms with E-state index in [1.807, 2.05) is 37.3 Å². The second kappa shape index (κ2) is 9.94. The van der Waals surface area contributed by atoms with Crippen LogP contribution in [0.5, 0.6) is 0 Å². The molecule has 0 unspecified atom stereocenters. The maximum atomic E-state index is 12.2. The lowest BCUT2D eigenvalue weighted by atomic mass is 10.2. The average molecular weight is 293 g/mol. The van der Waals surface area contributed by atoms with Crippen molar-refractivity contribution in [2.24, 2.45) is 0 Å². The lowest BCUT2D eigenvalue weighted by Crippen LogP contribution is -2.36. The highest BCUT2D eigenvalue weighted by atomic mass is 16.5. The Bertz CT molecular complexity index is 433. The molecule has 0 bridgehead atoms. The van der Waals surface area contributed by atoms with E-state index < -0.39 is 5.97 Å². The van der Waals surface area contributed by atoms with Crippen LogP contribution in [0, 0.1) is 0 Å². The fourth-order valence-corrected chi connectivity index (χ4v) is 1.86. The van der Waals surface area contributed by atoms with Crippen molar-refractivity contribution in [3.05, 3.63) is 35.9 Å². The number of esters is 1. The Morgan fingerprint density at radius 3 is 2.43 bits per heavy atom. The summed E-state index contributed by atoms with van der Waals surface area (Å²) < 4.78 is 10.1. The first kappa shape index (κ1) is 17.2. The molecule has 5 heteroatoms. The smallest absolute Gasteiger partial charge is 0.325 e. The van der Waals surface area contributed by atoms with Crippen LogP contribution in [0.3, 0.4) is 0 Å². The SMILES string of the molecule is CCOCCC(=O)N(CC(=O)OCC)Cc1ccccc1. The Morgan fingerprint density at radius 2 is 1.81 bits per heavy atom. The molecule has 0 heterocycles. The highest BCUT2D eigenvalue weighted by Crippen LogP contribution is 2.07. The molecule has 116 valence electrons. The Labute approximate surface area is 125 Å². The summed E-state index contributed by atoms with van der Waals surface area (Å²) in [6.45, 7) is 5.23. The Kier molecular flexibility index (Phi) is 8.12. The van der Waals surface area contributed by atoms with Gasteiger partial charge < -0.3 is 14.4 Å². The molecule has 0 spiro atoms. The maximum Gasteiger partial charge on any atom is 0.325 e. The normalized spacial score (nSPS) is 10.2. The molecular weight excluding hydrogens is 270 g/mol. The third kappa shape index (κ3) is 6.90. The van der Waals surface area contributed by atoms with Crippen molar-refractivity contribution in [3.63, 3.8) is 0 Å². The van der Waals surface area contributed by atoms with E-state index >= 15 is 0 Å². The number of nitrogens with zero attached hydrogens (tertiary/aromatic N) is 1. The molecule has 0 fully saturated rings. The van der Waals surface area contributed by atoms with Crippen molar-refractivity contribution in [2.45, 2.75) is 26.8 Å². The van der Waals surface area contributed by atoms with Gasteiger partial charge in [0, 0.05) is 13.2 Å². The third-order valence-electron chi connectivity index (χ3n) is 2.86. The van der Waals surface area contributed by atoms with Crippen molar-refractivity contribution < 1.29 is 19.1 Å². The first-order chi connectivity index (χ1) is 10.2. The molecular formula is C16H23NO4. The minimum Gasteiger partial charge on any atom is -0.465 e. The highest BCUT2D eigenvalue weighted by Gasteiger charge is 2.18. The van der Waals surface area contributed by atoms with Crippen LogP contribution >= 0.6 is 0 Å². The van der Waals surface area contributed by atoms with Crippen molar-refractivity contribution >= 4 is 11.9 Å². The fourth-order valence-electron chi connectivity index (χ4n) is 1.86. The molecule has 1 rings (SSSR count). The molecule has 0 saturated carbocycles. The van der Waals surface area contributed by atoms with Gasteiger partial charge in [0.05, 0.1) is 19.6 Å². The van der Waals surface area contributed by atoms with Crippen LogP contribution in [0.2, 0.25) is 0 Å². The quantitative estimate of drug-likeness (QED) is 0.516. The molecule has 0 N–H and O–H groups in total. The summed E-state index contributed by atoms with van der Waals surface area (Å²) in [5.41, 5.74) is 0.978. The van der Waals surface area contributed by atoms with E-state index in [0.717, 1.165) is 5.56 Å². The monoisotopic (exact) mass is 293 g/mol. The molecule has 1 amide bonds. The van der Waals surface area contributed by atoms with E-state index in [9.17, 15) is 9.59 Å². The minimum atomic E-state index is -0.391. The first-order valence-corrected chi connectivity index (χ1v) is 7.22. The highest BCUT2D eigenvalue weighted by molar-refractivity contribution is 5.82. The molecule has 0 radical (unpaired) electrons. The molecule has 0 aliphatic heterocycles. The van der Waals surface area contributed by atoms with Gasteiger partial charge in [-0.05, 0) is 19.4 Å². The summed E-state index contributed by atoms with van der Waals surface area (Å²) in [6, 6.07) is 9.57. The van der Waals surface area contributed by atoms with Gasteiger partial charge in [0.25, 0.3) is 0 Å². The number of benzene rings is 1.